The summed E-state index contributed by atoms with van der Waals surface area (Å²) in [6.45, 7) is 3.03. The van der Waals surface area contributed by atoms with Gasteiger partial charge in [0.15, 0.2) is 11.5 Å². The average molecular weight is 221 g/mol. The van der Waals surface area contributed by atoms with Gasteiger partial charge in [0, 0.05) is 12.6 Å². The molecule has 0 aliphatic rings. The van der Waals surface area contributed by atoms with Crippen LogP contribution in [0.5, 0.6) is 0 Å². The fourth-order valence-corrected chi connectivity index (χ4v) is 1.62. The van der Waals surface area contributed by atoms with Crippen molar-refractivity contribution in [3.8, 4) is 0 Å². The van der Waals surface area contributed by atoms with Crippen LogP contribution in [0.4, 0.5) is 5.82 Å². The van der Waals surface area contributed by atoms with Gasteiger partial charge in [-0.15, -0.1) is 5.10 Å². The molecule has 1 atom stereocenters. The van der Waals surface area contributed by atoms with Crippen molar-refractivity contribution in [3.63, 3.8) is 0 Å². The highest BCUT2D eigenvalue weighted by molar-refractivity contribution is 5.44. The number of likely N-dealkylation sites (N-methyl/N-ethyl adjacent to an activating group) is 1. The maximum absolute atomic E-state index is 4.08. The van der Waals surface area contributed by atoms with E-state index in [1.165, 1.54) is 0 Å². The number of aromatic nitrogens is 5. The first-order valence-electron chi connectivity index (χ1n) is 5.10. The zero-order valence-corrected chi connectivity index (χ0v) is 9.62. The summed E-state index contributed by atoms with van der Waals surface area (Å²) in [6, 6.07) is 0.298. The zero-order valence-electron chi connectivity index (χ0n) is 9.62. The van der Waals surface area contributed by atoms with Gasteiger partial charge in [-0.3, -0.25) is 4.98 Å². The van der Waals surface area contributed by atoms with Crippen LogP contribution in [0, 0.1) is 0 Å². The zero-order chi connectivity index (χ0) is 11.5. The molecule has 1 N–H and O–H groups in total. The van der Waals surface area contributed by atoms with Gasteiger partial charge in [0.25, 0.3) is 0 Å². The van der Waals surface area contributed by atoms with Gasteiger partial charge >= 0.3 is 0 Å². The van der Waals surface area contributed by atoms with Gasteiger partial charge in [-0.25, -0.2) is 0 Å². The lowest BCUT2D eigenvalue weighted by atomic mass is 10.3. The van der Waals surface area contributed by atoms with E-state index in [4.69, 9.17) is 0 Å². The van der Waals surface area contributed by atoms with Crippen LogP contribution in [0.25, 0.3) is 5.65 Å². The molecule has 7 nitrogen and oxygen atoms in total. The molecule has 0 fully saturated rings. The second-order valence-corrected chi connectivity index (χ2v) is 4.05. The molecule has 7 heteroatoms. The van der Waals surface area contributed by atoms with Crippen LogP contribution in [0.15, 0.2) is 12.4 Å². The SMILES string of the molecule is CC(CN(C)C)Nc1cncc2nnnn12. The van der Waals surface area contributed by atoms with Gasteiger partial charge in [-0.1, -0.05) is 0 Å². The first-order chi connectivity index (χ1) is 7.66. The number of anilines is 1. The molecular formula is C9H15N7. The molecule has 0 aliphatic heterocycles. The molecule has 2 aromatic rings. The van der Waals surface area contributed by atoms with Crippen molar-refractivity contribution in [1.82, 2.24) is 29.9 Å². The lowest BCUT2D eigenvalue weighted by molar-refractivity contribution is 0.391. The Kier molecular flexibility index (Phi) is 2.95. The number of hydrogen-bond acceptors (Lipinski definition) is 6. The second-order valence-electron chi connectivity index (χ2n) is 4.05. The normalized spacial score (nSPS) is 13.2. The number of fused-ring (bicyclic) bond motifs is 1. The van der Waals surface area contributed by atoms with E-state index in [2.05, 4.69) is 37.6 Å². The summed E-state index contributed by atoms with van der Waals surface area (Å²) in [6.07, 6.45) is 3.34. The Labute approximate surface area is 93.5 Å². The molecule has 0 aromatic carbocycles. The lowest BCUT2D eigenvalue weighted by Gasteiger charge is -2.18. The third-order valence-electron chi connectivity index (χ3n) is 2.14. The summed E-state index contributed by atoms with van der Waals surface area (Å²) < 4.78 is 1.64. The van der Waals surface area contributed by atoms with E-state index in [0.717, 1.165) is 12.4 Å². The molecule has 1 unspecified atom stereocenters. The molecule has 2 rings (SSSR count). The molecule has 86 valence electrons. The largest absolute Gasteiger partial charge is 0.365 e. The van der Waals surface area contributed by atoms with E-state index in [0.29, 0.717) is 11.7 Å². The van der Waals surface area contributed by atoms with Crippen molar-refractivity contribution in [3.05, 3.63) is 12.4 Å². The van der Waals surface area contributed by atoms with Crippen LogP contribution < -0.4 is 5.32 Å². The fraction of sp³-hybridized carbons (Fsp3) is 0.556. The van der Waals surface area contributed by atoms with Crippen molar-refractivity contribution >= 4 is 11.5 Å². The Bertz CT molecular complexity index is 464. The molecule has 0 aliphatic carbocycles. The van der Waals surface area contributed by atoms with Gasteiger partial charge in [0.05, 0.1) is 12.4 Å². The third kappa shape index (κ3) is 2.25. The molecule has 0 bridgehead atoms. The summed E-state index contributed by atoms with van der Waals surface area (Å²) in [4.78, 5) is 6.19. The predicted octanol–water partition coefficient (Wildman–Crippen LogP) is -0.119. The molecule has 0 saturated carbocycles. The van der Waals surface area contributed by atoms with Crippen molar-refractivity contribution in [2.45, 2.75) is 13.0 Å². The highest BCUT2D eigenvalue weighted by atomic mass is 15.5. The van der Waals surface area contributed by atoms with Crippen molar-refractivity contribution in [2.24, 2.45) is 0 Å². The summed E-state index contributed by atoms with van der Waals surface area (Å²) in [5, 5.41) is 14.6. The quantitative estimate of drug-likeness (QED) is 0.776. The summed E-state index contributed by atoms with van der Waals surface area (Å²) in [7, 11) is 4.07. The van der Waals surface area contributed by atoms with Gasteiger partial charge in [-0.2, -0.15) is 4.52 Å². The van der Waals surface area contributed by atoms with E-state index in [1.54, 1.807) is 16.9 Å². The van der Waals surface area contributed by atoms with E-state index in [1.807, 2.05) is 14.1 Å². The third-order valence-corrected chi connectivity index (χ3v) is 2.14. The van der Waals surface area contributed by atoms with E-state index in [9.17, 15) is 0 Å². The number of nitrogens with one attached hydrogen (secondary N) is 1. The molecule has 0 saturated heterocycles. The summed E-state index contributed by atoms with van der Waals surface area (Å²) >= 11 is 0. The second kappa shape index (κ2) is 4.40. The van der Waals surface area contributed by atoms with Gasteiger partial charge in [0.1, 0.15) is 0 Å². The Balaban J connectivity index is 2.17. The van der Waals surface area contributed by atoms with Crippen LogP contribution in [0.3, 0.4) is 0 Å². The Hall–Kier alpha value is -1.76. The lowest BCUT2D eigenvalue weighted by Crippen LogP contribution is -2.30. The minimum absolute atomic E-state index is 0.298. The molecule has 0 spiro atoms. The summed E-state index contributed by atoms with van der Waals surface area (Å²) in [5.74, 6) is 0.803. The molecule has 2 aromatic heterocycles. The molecular weight excluding hydrogens is 206 g/mol. The van der Waals surface area contributed by atoms with Crippen molar-refractivity contribution in [2.75, 3.05) is 26.0 Å². The van der Waals surface area contributed by atoms with Crippen LogP contribution in [0.2, 0.25) is 0 Å². The van der Waals surface area contributed by atoms with Gasteiger partial charge in [-0.05, 0) is 31.4 Å². The topological polar surface area (TPSA) is 71.2 Å². The Morgan fingerprint density at radius 2 is 2.25 bits per heavy atom. The van der Waals surface area contributed by atoms with Gasteiger partial charge in [0.2, 0.25) is 0 Å². The number of nitrogens with zero attached hydrogens (tertiary/aromatic N) is 6. The first-order valence-corrected chi connectivity index (χ1v) is 5.10. The minimum Gasteiger partial charge on any atom is -0.365 e. The van der Waals surface area contributed by atoms with E-state index in [-0.39, 0.29) is 0 Å². The predicted molar refractivity (Wildman–Crippen MR) is 60.2 cm³/mol. The van der Waals surface area contributed by atoms with Crippen LogP contribution in [-0.2, 0) is 0 Å². The number of hydrogen-bond donors (Lipinski definition) is 1. The van der Waals surface area contributed by atoms with Crippen molar-refractivity contribution in [1.29, 1.82) is 0 Å². The monoisotopic (exact) mass is 221 g/mol. The molecule has 2 heterocycles. The minimum atomic E-state index is 0.298. The standard InChI is InChI=1S/C9H15N7/c1-7(6-15(2)3)11-8-4-10-5-9-12-13-14-16(8)9/h4-5,7,11H,6H2,1-3H3. The number of rotatable bonds is 4. The maximum Gasteiger partial charge on any atom is 0.199 e. The molecule has 0 radical (unpaired) electrons. The highest BCUT2D eigenvalue weighted by Crippen LogP contribution is 2.07. The van der Waals surface area contributed by atoms with Crippen LogP contribution in [0.1, 0.15) is 6.92 Å². The van der Waals surface area contributed by atoms with Crippen molar-refractivity contribution < 1.29 is 0 Å². The summed E-state index contributed by atoms with van der Waals surface area (Å²) in [5.41, 5.74) is 0.641. The number of tetrazole rings is 1. The van der Waals surface area contributed by atoms with E-state index < -0.39 is 0 Å². The van der Waals surface area contributed by atoms with Crippen LogP contribution in [-0.4, -0.2) is 56.6 Å². The molecule has 16 heavy (non-hydrogen) atoms. The van der Waals surface area contributed by atoms with E-state index >= 15 is 0 Å². The maximum atomic E-state index is 4.08. The smallest absolute Gasteiger partial charge is 0.199 e. The van der Waals surface area contributed by atoms with Crippen LogP contribution >= 0.6 is 0 Å². The highest BCUT2D eigenvalue weighted by Gasteiger charge is 2.07. The molecule has 0 amide bonds. The first kappa shape index (κ1) is 10.7. The Morgan fingerprint density at radius 3 is 3.00 bits per heavy atom. The van der Waals surface area contributed by atoms with Gasteiger partial charge < -0.3 is 10.2 Å². The Morgan fingerprint density at radius 1 is 1.44 bits per heavy atom. The average Bonchev–Trinajstić information content (AvgIpc) is 2.65. The fourth-order valence-electron chi connectivity index (χ4n) is 1.62.